The molecule has 17 heavy (non-hydrogen) atoms. The number of carbonyl (C=O) groups excluding carboxylic acids is 2. The highest BCUT2D eigenvalue weighted by molar-refractivity contribution is 5.96. The van der Waals surface area contributed by atoms with Gasteiger partial charge >= 0.3 is 18.1 Å². The molecule has 0 aliphatic heterocycles. The molecule has 0 atom stereocenters. The van der Waals surface area contributed by atoms with Crippen LogP contribution in [0.5, 0.6) is 0 Å². The van der Waals surface area contributed by atoms with Gasteiger partial charge in [-0.1, -0.05) is 0 Å². The molecule has 7 heteroatoms. The molecule has 0 unspecified atom stereocenters. The van der Waals surface area contributed by atoms with E-state index in [2.05, 4.69) is 9.47 Å². The number of halogens is 3. The summed E-state index contributed by atoms with van der Waals surface area (Å²) >= 11 is 0. The predicted molar refractivity (Wildman–Crippen MR) is 52.0 cm³/mol. The normalized spacial score (nSPS) is 12.1. The molecule has 0 aromatic heterocycles. The molecule has 100 valence electrons. The summed E-state index contributed by atoms with van der Waals surface area (Å²) in [5.74, 6) is -6.16. The van der Waals surface area contributed by atoms with Crippen LogP contribution < -0.4 is 0 Å². The van der Waals surface area contributed by atoms with E-state index in [1.165, 1.54) is 27.7 Å². The number of ether oxygens (including phenoxy) is 2. The molecule has 0 saturated carbocycles. The van der Waals surface area contributed by atoms with Gasteiger partial charge in [0.15, 0.2) is 0 Å². The summed E-state index contributed by atoms with van der Waals surface area (Å²) in [6.45, 7) is 5.55. The molecule has 0 fully saturated rings. The van der Waals surface area contributed by atoms with Crippen LogP contribution in [0.1, 0.15) is 27.7 Å². The van der Waals surface area contributed by atoms with Gasteiger partial charge in [-0.05, 0) is 27.7 Å². The standard InChI is InChI=1S/C10H15F3O4/c1-5(2)16-8(14)7(10(11,12)13)9(15)17-6(3)4/h5-7H,1-4H3. The topological polar surface area (TPSA) is 52.6 Å². The lowest BCUT2D eigenvalue weighted by Crippen LogP contribution is -2.41. The van der Waals surface area contributed by atoms with Crippen LogP contribution in [-0.4, -0.2) is 30.3 Å². The van der Waals surface area contributed by atoms with Crippen LogP contribution in [0.4, 0.5) is 13.2 Å². The van der Waals surface area contributed by atoms with Gasteiger partial charge in [-0.2, -0.15) is 13.2 Å². The zero-order chi connectivity index (χ0) is 13.8. The quantitative estimate of drug-likeness (QED) is 0.570. The summed E-state index contributed by atoms with van der Waals surface area (Å²) in [6, 6.07) is 0. The Labute approximate surface area is 97.1 Å². The van der Waals surface area contributed by atoms with Crippen molar-refractivity contribution >= 4 is 11.9 Å². The van der Waals surface area contributed by atoms with Gasteiger partial charge in [-0.3, -0.25) is 9.59 Å². The van der Waals surface area contributed by atoms with E-state index in [-0.39, 0.29) is 0 Å². The fourth-order valence-electron chi connectivity index (χ4n) is 0.964. The number of hydrogen-bond donors (Lipinski definition) is 0. The first-order valence-electron chi connectivity index (χ1n) is 5.03. The molecule has 4 nitrogen and oxygen atoms in total. The molecular formula is C10H15F3O4. The average Bonchev–Trinajstić information content (AvgIpc) is 1.95. The second-order valence-corrected chi connectivity index (χ2v) is 3.95. The van der Waals surface area contributed by atoms with E-state index in [1.807, 2.05) is 0 Å². The van der Waals surface area contributed by atoms with Crippen LogP contribution in [0, 0.1) is 5.92 Å². The highest BCUT2D eigenvalue weighted by Crippen LogP contribution is 2.29. The van der Waals surface area contributed by atoms with Crippen molar-refractivity contribution in [3.8, 4) is 0 Å². The van der Waals surface area contributed by atoms with Crippen LogP contribution >= 0.6 is 0 Å². The van der Waals surface area contributed by atoms with Crippen LogP contribution in [0.2, 0.25) is 0 Å². The van der Waals surface area contributed by atoms with Crippen molar-refractivity contribution in [2.75, 3.05) is 0 Å². The van der Waals surface area contributed by atoms with Crippen molar-refractivity contribution in [3.63, 3.8) is 0 Å². The first-order valence-corrected chi connectivity index (χ1v) is 5.03. The van der Waals surface area contributed by atoms with Gasteiger partial charge in [0.2, 0.25) is 5.92 Å². The van der Waals surface area contributed by atoms with Crippen LogP contribution in [0.3, 0.4) is 0 Å². The minimum atomic E-state index is -5.02. The third kappa shape index (κ3) is 5.55. The first kappa shape index (κ1) is 15.7. The molecule has 0 aliphatic rings. The minimum Gasteiger partial charge on any atom is -0.462 e. The van der Waals surface area contributed by atoms with E-state index in [1.54, 1.807) is 0 Å². The molecule has 0 aromatic rings. The summed E-state index contributed by atoms with van der Waals surface area (Å²) in [5.41, 5.74) is 0. The SMILES string of the molecule is CC(C)OC(=O)C(C(=O)OC(C)C)C(F)(F)F. The Morgan fingerprint density at radius 3 is 1.35 bits per heavy atom. The van der Waals surface area contributed by atoms with Crippen molar-refractivity contribution in [2.24, 2.45) is 5.92 Å². The Morgan fingerprint density at radius 2 is 1.18 bits per heavy atom. The Balaban J connectivity index is 4.89. The average molecular weight is 256 g/mol. The monoisotopic (exact) mass is 256 g/mol. The van der Waals surface area contributed by atoms with Gasteiger partial charge in [-0.15, -0.1) is 0 Å². The molecule has 0 spiro atoms. The van der Waals surface area contributed by atoms with Crippen LogP contribution in [-0.2, 0) is 19.1 Å². The van der Waals surface area contributed by atoms with Crippen molar-refractivity contribution in [3.05, 3.63) is 0 Å². The summed E-state index contributed by atoms with van der Waals surface area (Å²) in [4.78, 5) is 22.4. The van der Waals surface area contributed by atoms with Gasteiger partial charge in [0.1, 0.15) is 0 Å². The third-order valence-electron chi connectivity index (χ3n) is 1.50. The summed E-state index contributed by atoms with van der Waals surface area (Å²) in [5, 5.41) is 0. The highest BCUT2D eigenvalue weighted by atomic mass is 19.4. The predicted octanol–water partition coefficient (Wildman–Crippen LogP) is 2.07. The lowest BCUT2D eigenvalue weighted by Gasteiger charge is -2.20. The molecule has 0 bridgehead atoms. The van der Waals surface area contributed by atoms with Gasteiger partial charge in [0, 0.05) is 0 Å². The lowest BCUT2D eigenvalue weighted by atomic mass is 10.1. The van der Waals surface area contributed by atoms with E-state index < -0.39 is 36.2 Å². The van der Waals surface area contributed by atoms with Gasteiger partial charge in [0.25, 0.3) is 0 Å². The Hall–Kier alpha value is -1.27. The third-order valence-corrected chi connectivity index (χ3v) is 1.50. The summed E-state index contributed by atoms with van der Waals surface area (Å²) in [7, 11) is 0. The van der Waals surface area contributed by atoms with E-state index in [9.17, 15) is 22.8 Å². The minimum absolute atomic E-state index is 0.737. The van der Waals surface area contributed by atoms with E-state index in [4.69, 9.17) is 0 Å². The molecule has 0 aromatic carbocycles. The van der Waals surface area contributed by atoms with Gasteiger partial charge in [-0.25, -0.2) is 0 Å². The van der Waals surface area contributed by atoms with Gasteiger partial charge < -0.3 is 9.47 Å². The highest BCUT2D eigenvalue weighted by Gasteiger charge is 2.53. The largest absolute Gasteiger partial charge is 0.462 e. The molecular weight excluding hydrogens is 241 g/mol. The molecule has 0 amide bonds. The van der Waals surface area contributed by atoms with Crippen molar-refractivity contribution in [1.82, 2.24) is 0 Å². The smallest absolute Gasteiger partial charge is 0.412 e. The molecule has 0 N–H and O–H groups in total. The Bertz CT molecular complexity index is 262. The lowest BCUT2D eigenvalue weighted by molar-refractivity contribution is -0.211. The number of rotatable bonds is 4. The summed E-state index contributed by atoms with van der Waals surface area (Å²) < 4.78 is 46.3. The maximum atomic E-state index is 12.5. The fraction of sp³-hybridized carbons (Fsp3) is 0.800. The number of carbonyl (C=O) groups is 2. The van der Waals surface area contributed by atoms with E-state index in [0.29, 0.717) is 0 Å². The van der Waals surface area contributed by atoms with Crippen LogP contribution in [0.25, 0.3) is 0 Å². The second kappa shape index (κ2) is 5.88. The van der Waals surface area contributed by atoms with E-state index in [0.717, 1.165) is 0 Å². The number of esters is 2. The Morgan fingerprint density at radius 1 is 0.882 bits per heavy atom. The molecule has 0 aliphatic carbocycles. The number of hydrogen-bond acceptors (Lipinski definition) is 4. The van der Waals surface area contributed by atoms with Crippen molar-refractivity contribution in [2.45, 2.75) is 46.1 Å². The summed E-state index contributed by atoms with van der Waals surface area (Å²) in [6.07, 6.45) is -6.49. The zero-order valence-corrected chi connectivity index (χ0v) is 10.00. The zero-order valence-electron chi connectivity index (χ0n) is 10.00. The molecule has 0 rings (SSSR count). The molecule has 0 radical (unpaired) electrons. The van der Waals surface area contributed by atoms with Gasteiger partial charge in [0.05, 0.1) is 12.2 Å². The number of alkyl halides is 3. The molecule has 0 saturated heterocycles. The van der Waals surface area contributed by atoms with Crippen molar-refractivity contribution in [1.29, 1.82) is 0 Å². The van der Waals surface area contributed by atoms with Crippen molar-refractivity contribution < 1.29 is 32.2 Å². The first-order chi connectivity index (χ1) is 7.55. The fourth-order valence-corrected chi connectivity index (χ4v) is 0.964. The van der Waals surface area contributed by atoms with Crippen LogP contribution in [0.15, 0.2) is 0 Å². The molecule has 0 heterocycles. The second-order valence-electron chi connectivity index (χ2n) is 3.95. The van der Waals surface area contributed by atoms with E-state index >= 15 is 0 Å². The Kier molecular flexibility index (Phi) is 5.44. The maximum Gasteiger partial charge on any atom is 0.412 e. The maximum absolute atomic E-state index is 12.5.